The SMILES string of the molecule is CC1CC(C)CC(NC(=O)c2cccc(F)c2N)C1. The Kier molecular flexibility index (Phi) is 4.08. The molecule has 0 heterocycles. The molecular formula is C15H21FN2O. The molecule has 0 radical (unpaired) electrons. The Hall–Kier alpha value is -1.58. The van der Waals surface area contributed by atoms with Crippen LogP contribution in [-0.4, -0.2) is 11.9 Å². The molecule has 0 bridgehead atoms. The molecule has 104 valence electrons. The van der Waals surface area contributed by atoms with Crippen LogP contribution in [0.4, 0.5) is 10.1 Å². The van der Waals surface area contributed by atoms with Crippen LogP contribution in [0.25, 0.3) is 0 Å². The predicted molar refractivity (Wildman–Crippen MR) is 74.2 cm³/mol. The molecule has 1 amide bonds. The molecule has 0 aromatic heterocycles. The average Bonchev–Trinajstić information content (AvgIpc) is 2.31. The highest BCUT2D eigenvalue weighted by molar-refractivity contribution is 5.99. The van der Waals surface area contributed by atoms with E-state index in [0.717, 1.165) is 12.8 Å². The third kappa shape index (κ3) is 3.25. The monoisotopic (exact) mass is 264 g/mol. The van der Waals surface area contributed by atoms with Gasteiger partial charge < -0.3 is 11.1 Å². The number of amides is 1. The number of anilines is 1. The van der Waals surface area contributed by atoms with Gasteiger partial charge in [-0.15, -0.1) is 0 Å². The quantitative estimate of drug-likeness (QED) is 0.807. The summed E-state index contributed by atoms with van der Waals surface area (Å²) in [6.07, 6.45) is 3.16. The van der Waals surface area contributed by atoms with E-state index >= 15 is 0 Å². The molecular weight excluding hydrogens is 243 g/mol. The highest BCUT2D eigenvalue weighted by atomic mass is 19.1. The van der Waals surface area contributed by atoms with E-state index in [9.17, 15) is 9.18 Å². The predicted octanol–water partition coefficient (Wildman–Crippen LogP) is 2.96. The van der Waals surface area contributed by atoms with Gasteiger partial charge in [-0.05, 0) is 43.2 Å². The lowest BCUT2D eigenvalue weighted by atomic mass is 9.80. The number of halogens is 1. The van der Waals surface area contributed by atoms with Gasteiger partial charge in [0.25, 0.3) is 5.91 Å². The highest BCUT2D eigenvalue weighted by Crippen LogP contribution is 2.29. The Morgan fingerprint density at radius 2 is 1.89 bits per heavy atom. The fraction of sp³-hybridized carbons (Fsp3) is 0.533. The van der Waals surface area contributed by atoms with Crippen LogP contribution < -0.4 is 11.1 Å². The largest absolute Gasteiger partial charge is 0.396 e. The van der Waals surface area contributed by atoms with Crippen LogP contribution in [0.15, 0.2) is 18.2 Å². The highest BCUT2D eigenvalue weighted by Gasteiger charge is 2.26. The third-order valence-electron chi connectivity index (χ3n) is 3.81. The fourth-order valence-corrected chi connectivity index (χ4v) is 3.06. The summed E-state index contributed by atoms with van der Waals surface area (Å²) in [6, 6.07) is 4.49. The Labute approximate surface area is 113 Å². The van der Waals surface area contributed by atoms with Crippen LogP contribution in [0, 0.1) is 17.7 Å². The van der Waals surface area contributed by atoms with Crippen molar-refractivity contribution < 1.29 is 9.18 Å². The standard InChI is InChI=1S/C15H21FN2O/c1-9-6-10(2)8-11(7-9)18-15(19)12-4-3-5-13(16)14(12)17/h3-5,9-11H,6-8,17H2,1-2H3,(H,18,19). The van der Waals surface area contributed by atoms with E-state index in [1.54, 1.807) is 6.07 Å². The molecule has 0 saturated heterocycles. The molecule has 3 nitrogen and oxygen atoms in total. The van der Waals surface area contributed by atoms with Gasteiger partial charge in [-0.1, -0.05) is 19.9 Å². The molecule has 2 atom stereocenters. The Morgan fingerprint density at radius 1 is 1.26 bits per heavy atom. The molecule has 0 spiro atoms. The molecule has 1 saturated carbocycles. The van der Waals surface area contributed by atoms with E-state index in [0.29, 0.717) is 11.8 Å². The van der Waals surface area contributed by atoms with Crippen molar-refractivity contribution in [1.82, 2.24) is 5.32 Å². The van der Waals surface area contributed by atoms with E-state index < -0.39 is 5.82 Å². The molecule has 3 N–H and O–H groups in total. The van der Waals surface area contributed by atoms with Gasteiger partial charge in [-0.2, -0.15) is 0 Å². The van der Waals surface area contributed by atoms with Crippen molar-refractivity contribution in [2.45, 2.75) is 39.2 Å². The van der Waals surface area contributed by atoms with Crippen molar-refractivity contribution in [3.63, 3.8) is 0 Å². The maximum atomic E-state index is 13.3. The molecule has 1 fully saturated rings. The second-order valence-corrected chi connectivity index (χ2v) is 5.79. The summed E-state index contributed by atoms with van der Waals surface area (Å²) in [5.74, 6) is 0.402. The molecule has 0 aliphatic heterocycles. The number of hydrogen-bond donors (Lipinski definition) is 2. The fourth-order valence-electron chi connectivity index (χ4n) is 3.06. The molecule has 4 heteroatoms. The minimum atomic E-state index is -0.543. The van der Waals surface area contributed by atoms with Gasteiger partial charge in [0.05, 0.1) is 11.3 Å². The van der Waals surface area contributed by atoms with Crippen molar-refractivity contribution in [3.8, 4) is 0 Å². The lowest BCUT2D eigenvalue weighted by molar-refractivity contribution is 0.0912. The van der Waals surface area contributed by atoms with Gasteiger partial charge in [-0.25, -0.2) is 4.39 Å². The minimum absolute atomic E-state index is 0.0723. The normalized spacial score (nSPS) is 27.0. The van der Waals surface area contributed by atoms with Crippen LogP contribution in [0.5, 0.6) is 0 Å². The zero-order valence-corrected chi connectivity index (χ0v) is 11.4. The van der Waals surface area contributed by atoms with Crippen LogP contribution in [0.3, 0.4) is 0 Å². The zero-order chi connectivity index (χ0) is 14.0. The van der Waals surface area contributed by atoms with Gasteiger partial charge in [0, 0.05) is 6.04 Å². The maximum absolute atomic E-state index is 13.3. The van der Waals surface area contributed by atoms with E-state index in [1.165, 1.54) is 18.6 Å². The Balaban J connectivity index is 2.06. The Bertz CT molecular complexity index is 465. The molecule has 2 unspecified atom stereocenters. The molecule has 1 aliphatic rings. The van der Waals surface area contributed by atoms with E-state index in [1.807, 2.05) is 0 Å². The van der Waals surface area contributed by atoms with Crippen molar-refractivity contribution in [1.29, 1.82) is 0 Å². The third-order valence-corrected chi connectivity index (χ3v) is 3.81. The van der Waals surface area contributed by atoms with Crippen LogP contribution in [-0.2, 0) is 0 Å². The number of nitrogen functional groups attached to an aromatic ring is 1. The molecule has 2 rings (SSSR count). The first-order chi connectivity index (χ1) is 8.97. The number of para-hydroxylation sites is 1. The van der Waals surface area contributed by atoms with Gasteiger partial charge in [0.1, 0.15) is 5.82 Å². The first-order valence-corrected chi connectivity index (χ1v) is 6.82. The molecule has 19 heavy (non-hydrogen) atoms. The average molecular weight is 264 g/mol. The number of nitrogens with one attached hydrogen (secondary N) is 1. The smallest absolute Gasteiger partial charge is 0.253 e. The van der Waals surface area contributed by atoms with Crippen LogP contribution in [0.1, 0.15) is 43.5 Å². The Morgan fingerprint density at radius 3 is 2.53 bits per heavy atom. The lowest BCUT2D eigenvalue weighted by Gasteiger charge is -2.32. The summed E-state index contributed by atoms with van der Waals surface area (Å²) in [5, 5.41) is 2.98. The van der Waals surface area contributed by atoms with E-state index in [4.69, 9.17) is 5.73 Å². The summed E-state index contributed by atoms with van der Waals surface area (Å²) in [4.78, 5) is 12.1. The van der Waals surface area contributed by atoms with Gasteiger partial charge >= 0.3 is 0 Å². The van der Waals surface area contributed by atoms with E-state index in [2.05, 4.69) is 19.2 Å². The summed E-state index contributed by atoms with van der Waals surface area (Å²) in [6.45, 7) is 4.40. The number of benzene rings is 1. The molecule has 1 aliphatic carbocycles. The topological polar surface area (TPSA) is 55.1 Å². The second-order valence-electron chi connectivity index (χ2n) is 5.79. The van der Waals surface area contributed by atoms with Gasteiger partial charge in [0.15, 0.2) is 0 Å². The second kappa shape index (κ2) is 5.59. The van der Waals surface area contributed by atoms with E-state index in [-0.39, 0.29) is 23.2 Å². The number of carbonyl (C=O) groups excluding carboxylic acids is 1. The van der Waals surface area contributed by atoms with Crippen molar-refractivity contribution in [3.05, 3.63) is 29.6 Å². The van der Waals surface area contributed by atoms with Gasteiger partial charge in [0.2, 0.25) is 0 Å². The first kappa shape index (κ1) is 13.8. The van der Waals surface area contributed by atoms with Crippen molar-refractivity contribution in [2.24, 2.45) is 11.8 Å². The number of rotatable bonds is 2. The van der Waals surface area contributed by atoms with Crippen molar-refractivity contribution in [2.75, 3.05) is 5.73 Å². The number of hydrogen-bond acceptors (Lipinski definition) is 2. The number of nitrogens with two attached hydrogens (primary N) is 1. The van der Waals surface area contributed by atoms with Crippen molar-refractivity contribution >= 4 is 11.6 Å². The molecule has 1 aromatic rings. The summed E-state index contributed by atoms with van der Waals surface area (Å²) in [7, 11) is 0. The number of carbonyl (C=O) groups is 1. The first-order valence-electron chi connectivity index (χ1n) is 6.82. The summed E-state index contributed by atoms with van der Waals surface area (Å²) >= 11 is 0. The van der Waals surface area contributed by atoms with Crippen LogP contribution >= 0.6 is 0 Å². The maximum Gasteiger partial charge on any atom is 0.253 e. The summed E-state index contributed by atoms with van der Waals surface area (Å²) < 4.78 is 13.3. The lowest BCUT2D eigenvalue weighted by Crippen LogP contribution is -2.40. The summed E-state index contributed by atoms with van der Waals surface area (Å²) in [5.41, 5.74) is 5.76. The minimum Gasteiger partial charge on any atom is -0.396 e. The van der Waals surface area contributed by atoms with Gasteiger partial charge in [-0.3, -0.25) is 4.79 Å². The van der Waals surface area contributed by atoms with Crippen LogP contribution in [0.2, 0.25) is 0 Å². The zero-order valence-electron chi connectivity index (χ0n) is 11.4. The molecule has 1 aromatic carbocycles.